The Kier molecular flexibility index (Phi) is 6.20. The fraction of sp³-hybridized carbons (Fsp3) is 0.304. The van der Waals surface area contributed by atoms with Gasteiger partial charge in [0.05, 0.1) is 23.2 Å². The van der Waals surface area contributed by atoms with Gasteiger partial charge in [-0.1, -0.05) is 25.1 Å². The van der Waals surface area contributed by atoms with Crippen LogP contribution in [0.4, 0.5) is 5.69 Å². The highest BCUT2D eigenvalue weighted by Crippen LogP contribution is 2.24. The van der Waals surface area contributed by atoms with E-state index < -0.39 is 10.0 Å². The summed E-state index contributed by atoms with van der Waals surface area (Å²) in [6, 6.07) is 16.0. The highest BCUT2D eigenvalue weighted by molar-refractivity contribution is 7.89. The largest absolute Gasteiger partial charge is 0.326 e. The van der Waals surface area contributed by atoms with Crippen molar-refractivity contribution in [2.24, 2.45) is 5.92 Å². The van der Waals surface area contributed by atoms with Crippen LogP contribution < -0.4 is 5.32 Å². The Hall–Kier alpha value is -2.97. The van der Waals surface area contributed by atoms with E-state index in [1.807, 2.05) is 36.5 Å². The van der Waals surface area contributed by atoms with E-state index in [1.165, 1.54) is 0 Å². The Morgan fingerprint density at radius 2 is 1.87 bits per heavy atom. The molecule has 1 saturated heterocycles. The van der Waals surface area contributed by atoms with Crippen molar-refractivity contribution in [3.8, 4) is 5.69 Å². The van der Waals surface area contributed by atoms with Gasteiger partial charge < -0.3 is 5.32 Å². The van der Waals surface area contributed by atoms with Crippen LogP contribution in [0, 0.1) is 5.92 Å². The molecule has 31 heavy (non-hydrogen) atoms. The first-order valence-corrected chi connectivity index (χ1v) is 11.8. The number of carbonyl (C=O) groups is 1. The van der Waals surface area contributed by atoms with Crippen molar-refractivity contribution in [1.82, 2.24) is 14.1 Å². The third kappa shape index (κ3) is 5.03. The van der Waals surface area contributed by atoms with Gasteiger partial charge in [0.1, 0.15) is 0 Å². The molecule has 1 aliphatic rings. The van der Waals surface area contributed by atoms with Gasteiger partial charge in [0.2, 0.25) is 15.9 Å². The molecule has 3 aromatic rings. The lowest BCUT2D eigenvalue weighted by atomic mass is 10.0. The smallest absolute Gasteiger partial charge is 0.243 e. The summed E-state index contributed by atoms with van der Waals surface area (Å²) in [7, 11) is -3.50. The molecule has 1 N–H and O–H groups in total. The third-order valence-electron chi connectivity index (χ3n) is 5.42. The minimum atomic E-state index is -3.50. The Balaban J connectivity index is 1.38. The first-order chi connectivity index (χ1) is 14.9. The lowest BCUT2D eigenvalue weighted by Gasteiger charge is -2.30. The number of anilines is 1. The molecule has 7 nitrogen and oxygen atoms in total. The molecule has 162 valence electrons. The van der Waals surface area contributed by atoms with Crippen molar-refractivity contribution in [3.63, 3.8) is 0 Å². The van der Waals surface area contributed by atoms with Crippen LogP contribution >= 0.6 is 0 Å². The summed E-state index contributed by atoms with van der Waals surface area (Å²) < 4.78 is 29.0. The molecule has 0 unspecified atom stereocenters. The average molecular weight is 439 g/mol. The molecule has 4 rings (SSSR count). The van der Waals surface area contributed by atoms with Gasteiger partial charge in [-0.3, -0.25) is 4.79 Å². The van der Waals surface area contributed by atoms with Gasteiger partial charge in [0.15, 0.2) is 0 Å². The van der Waals surface area contributed by atoms with Gasteiger partial charge in [-0.2, -0.15) is 9.40 Å². The molecule has 0 bridgehead atoms. The summed E-state index contributed by atoms with van der Waals surface area (Å²) in [6.45, 7) is 3.18. The number of aromatic nitrogens is 2. The van der Waals surface area contributed by atoms with Gasteiger partial charge in [-0.05, 0) is 60.7 Å². The van der Waals surface area contributed by atoms with Crippen molar-refractivity contribution in [3.05, 3.63) is 72.6 Å². The Bertz CT molecular complexity index is 1140. The molecule has 2 heterocycles. The minimum absolute atomic E-state index is 0.179. The van der Waals surface area contributed by atoms with Gasteiger partial charge in [0.25, 0.3) is 0 Å². The fourth-order valence-electron chi connectivity index (χ4n) is 3.79. The average Bonchev–Trinajstić information content (AvgIpc) is 3.23. The number of para-hydroxylation sites is 1. The number of hydrogen-bond donors (Lipinski definition) is 1. The fourth-order valence-corrected chi connectivity index (χ4v) is 5.39. The van der Waals surface area contributed by atoms with E-state index in [-0.39, 0.29) is 17.2 Å². The number of hydrogen-bond acceptors (Lipinski definition) is 4. The second-order valence-electron chi connectivity index (χ2n) is 7.99. The van der Waals surface area contributed by atoms with Crippen LogP contribution in [-0.4, -0.2) is 41.5 Å². The second-order valence-corrected chi connectivity index (χ2v) is 9.93. The van der Waals surface area contributed by atoms with Gasteiger partial charge in [-0.25, -0.2) is 13.1 Å². The monoisotopic (exact) mass is 438 g/mol. The van der Waals surface area contributed by atoms with Crippen LogP contribution in [0.15, 0.2) is 71.9 Å². The number of carbonyl (C=O) groups excluding carboxylic acids is 1. The van der Waals surface area contributed by atoms with Crippen LogP contribution in [0.25, 0.3) is 5.69 Å². The normalized spacial score (nSPS) is 17.4. The Morgan fingerprint density at radius 1 is 1.13 bits per heavy atom. The van der Waals surface area contributed by atoms with Crippen molar-refractivity contribution in [2.75, 3.05) is 18.4 Å². The van der Waals surface area contributed by atoms with Crippen LogP contribution in [0.1, 0.15) is 25.3 Å². The minimum Gasteiger partial charge on any atom is -0.326 e. The maximum Gasteiger partial charge on any atom is 0.243 e. The van der Waals surface area contributed by atoms with Crippen LogP contribution in [0.5, 0.6) is 0 Å². The second kappa shape index (κ2) is 9.03. The zero-order valence-corrected chi connectivity index (χ0v) is 18.3. The maximum atomic E-state index is 12.9. The molecule has 0 saturated carbocycles. The summed E-state index contributed by atoms with van der Waals surface area (Å²) in [4.78, 5) is 12.7. The molecule has 2 aromatic carbocycles. The Labute approximate surface area is 182 Å². The number of benzene rings is 2. The first kappa shape index (κ1) is 21.3. The van der Waals surface area contributed by atoms with E-state index >= 15 is 0 Å². The van der Waals surface area contributed by atoms with E-state index in [2.05, 4.69) is 17.3 Å². The summed E-state index contributed by atoms with van der Waals surface area (Å²) in [6.07, 6.45) is 5.61. The van der Waals surface area contributed by atoms with Gasteiger partial charge in [0, 0.05) is 25.0 Å². The zero-order chi connectivity index (χ0) is 21.8. The van der Waals surface area contributed by atoms with E-state index in [9.17, 15) is 13.2 Å². The van der Waals surface area contributed by atoms with E-state index in [0.29, 0.717) is 24.7 Å². The van der Waals surface area contributed by atoms with Crippen molar-refractivity contribution >= 4 is 21.6 Å². The van der Waals surface area contributed by atoms with Crippen molar-refractivity contribution in [2.45, 2.75) is 31.1 Å². The molecule has 8 heteroatoms. The molecule has 0 aliphatic carbocycles. The maximum absolute atomic E-state index is 12.9. The highest BCUT2D eigenvalue weighted by atomic mass is 32.2. The van der Waals surface area contributed by atoms with Gasteiger partial charge in [-0.15, -0.1) is 0 Å². The number of nitrogens with zero attached hydrogens (tertiary/aromatic N) is 3. The van der Waals surface area contributed by atoms with Crippen molar-refractivity contribution in [1.29, 1.82) is 0 Å². The van der Waals surface area contributed by atoms with E-state index in [1.54, 1.807) is 39.4 Å². The molecule has 0 radical (unpaired) electrons. The SMILES string of the molecule is C[C@H]1CCCN(S(=O)(=O)c2ccc(NC(=O)Cc3cnn(-c4ccccc4)c3)cc2)C1. The summed E-state index contributed by atoms with van der Waals surface area (Å²) in [5, 5.41) is 7.12. The van der Waals surface area contributed by atoms with Gasteiger partial charge >= 0.3 is 0 Å². The number of rotatable bonds is 6. The molecule has 1 aliphatic heterocycles. The van der Waals surface area contributed by atoms with Crippen LogP contribution in [0.2, 0.25) is 0 Å². The number of nitrogens with one attached hydrogen (secondary N) is 1. The highest BCUT2D eigenvalue weighted by Gasteiger charge is 2.28. The molecule has 1 aromatic heterocycles. The quantitative estimate of drug-likeness (QED) is 0.639. The predicted molar refractivity (Wildman–Crippen MR) is 119 cm³/mol. The molecule has 1 fully saturated rings. The molecule has 0 spiro atoms. The number of sulfonamides is 1. The van der Waals surface area contributed by atoms with Crippen molar-refractivity contribution < 1.29 is 13.2 Å². The molecular formula is C23H26N4O3S. The predicted octanol–water partition coefficient (Wildman–Crippen LogP) is 3.47. The van der Waals surface area contributed by atoms with E-state index in [0.717, 1.165) is 24.1 Å². The first-order valence-electron chi connectivity index (χ1n) is 10.4. The summed E-state index contributed by atoms with van der Waals surface area (Å²) >= 11 is 0. The van der Waals surface area contributed by atoms with Crippen LogP contribution in [-0.2, 0) is 21.2 Å². The third-order valence-corrected chi connectivity index (χ3v) is 7.30. The number of piperidine rings is 1. The Morgan fingerprint density at radius 3 is 2.58 bits per heavy atom. The lowest BCUT2D eigenvalue weighted by molar-refractivity contribution is -0.115. The molecule has 1 atom stereocenters. The standard InChI is InChI=1S/C23H26N4O3S/c1-18-6-5-13-26(16-18)31(29,30)22-11-9-20(10-12-22)25-23(28)14-19-15-24-27(17-19)21-7-3-2-4-8-21/h2-4,7-12,15,17-18H,5-6,13-14,16H2,1H3,(H,25,28)/t18-/m0/s1. The number of amides is 1. The summed E-state index contributed by atoms with van der Waals surface area (Å²) in [5.74, 6) is 0.182. The summed E-state index contributed by atoms with van der Waals surface area (Å²) in [5.41, 5.74) is 2.28. The topological polar surface area (TPSA) is 84.3 Å². The molecule has 1 amide bonds. The lowest BCUT2D eigenvalue weighted by Crippen LogP contribution is -2.39. The zero-order valence-electron chi connectivity index (χ0n) is 17.4. The molecular weight excluding hydrogens is 412 g/mol. The van der Waals surface area contributed by atoms with E-state index in [4.69, 9.17) is 0 Å². The van der Waals surface area contributed by atoms with Crippen LogP contribution in [0.3, 0.4) is 0 Å².